The van der Waals surface area contributed by atoms with E-state index < -0.39 is 24.5 Å². The molecular weight excluding hydrogens is 164 g/mol. The maximum atomic E-state index is 10.8. The van der Waals surface area contributed by atoms with Gasteiger partial charge in [0.05, 0.1) is 6.61 Å². The SMILES string of the molecule is NCCC(=O)NC(CO)C(=O)O. The Morgan fingerprint density at radius 3 is 2.42 bits per heavy atom. The highest BCUT2D eigenvalue weighted by atomic mass is 16.4. The maximum absolute atomic E-state index is 10.8. The van der Waals surface area contributed by atoms with Crippen LogP contribution in [0.4, 0.5) is 0 Å². The Hall–Kier alpha value is -1.14. The zero-order valence-corrected chi connectivity index (χ0v) is 6.49. The van der Waals surface area contributed by atoms with Crippen LogP contribution in [0.5, 0.6) is 0 Å². The molecule has 6 nitrogen and oxygen atoms in total. The summed E-state index contributed by atoms with van der Waals surface area (Å²) in [4.78, 5) is 21.0. The molecule has 0 bridgehead atoms. The van der Waals surface area contributed by atoms with E-state index in [2.05, 4.69) is 5.32 Å². The van der Waals surface area contributed by atoms with Crippen LogP contribution in [0, 0.1) is 0 Å². The van der Waals surface area contributed by atoms with Crippen LogP contribution in [0.25, 0.3) is 0 Å². The second-order valence-corrected chi connectivity index (χ2v) is 2.18. The monoisotopic (exact) mass is 176 g/mol. The van der Waals surface area contributed by atoms with Crippen molar-refractivity contribution in [3.63, 3.8) is 0 Å². The Morgan fingerprint density at radius 1 is 1.50 bits per heavy atom. The van der Waals surface area contributed by atoms with Crippen molar-refractivity contribution in [1.82, 2.24) is 5.32 Å². The van der Waals surface area contributed by atoms with Crippen molar-refractivity contribution >= 4 is 11.9 Å². The molecule has 12 heavy (non-hydrogen) atoms. The van der Waals surface area contributed by atoms with E-state index in [4.69, 9.17) is 15.9 Å². The molecule has 0 saturated carbocycles. The van der Waals surface area contributed by atoms with Gasteiger partial charge in [-0.25, -0.2) is 4.79 Å². The van der Waals surface area contributed by atoms with Crippen LogP contribution in [0.2, 0.25) is 0 Å². The van der Waals surface area contributed by atoms with Gasteiger partial charge in [0.2, 0.25) is 5.91 Å². The van der Waals surface area contributed by atoms with Crippen LogP contribution in [-0.2, 0) is 9.59 Å². The van der Waals surface area contributed by atoms with Gasteiger partial charge in [-0.15, -0.1) is 0 Å². The van der Waals surface area contributed by atoms with E-state index in [-0.39, 0.29) is 13.0 Å². The minimum atomic E-state index is -1.26. The molecule has 6 heteroatoms. The lowest BCUT2D eigenvalue weighted by molar-refractivity contribution is -0.142. The average molecular weight is 176 g/mol. The van der Waals surface area contributed by atoms with Crippen molar-refractivity contribution in [1.29, 1.82) is 0 Å². The molecule has 1 atom stereocenters. The number of nitrogens with two attached hydrogens (primary N) is 1. The first-order valence-corrected chi connectivity index (χ1v) is 3.45. The van der Waals surface area contributed by atoms with Gasteiger partial charge in [-0.1, -0.05) is 0 Å². The van der Waals surface area contributed by atoms with E-state index in [1.165, 1.54) is 0 Å². The van der Waals surface area contributed by atoms with Gasteiger partial charge in [0, 0.05) is 13.0 Å². The molecule has 0 aromatic rings. The number of carbonyl (C=O) groups excluding carboxylic acids is 1. The van der Waals surface area contributed by atoms with Crippen LogP contribution < -0.4 is 11.1 Å². The van der Waals surface area contributed by atoms with Gasteiger partial charge in [-0.2, -0.15) is 0 Å². The lowest BCUT2D eigenvalue weighted by Gasteiger charge is -2.10. The second-order valence-electron chi connectivity index (χ2n) is 2.18. The number of hydrogen-bond donors (Lipinski definition) is 4. The van der Waals surface area contributed by atoms with E-state index in [1.54, 1.807) is 0 Å². The first-order valence-electron chi connectivity index (χ1n) is 3.45. The molecule has 0 rings (SSSR count). The van der Waals surface area contributed by atoms with Crippen molar-refractivity contribution in [3.05, 3.63) is 0 Å². The molecule has 0 aromatic carbocycles. The van der Waals surface area contributed by atoms with Crippen molar-refractivity contribution in [2.45, 2.75) is 12.5 Å². The van der Waals surface area contributed by atoms with Crippen LogP contribution >= 0.6 is 0 Å². The van der Waals surface area contributed by atoms with Crippen molar-refractivity contribution in [2.24, 2.45) is 5.73 Å². The standard InChI is InChI=1S/C6H12N2O4/c7-2-1-5(10)8-4(3-9)6(11)12/h4,9H,1-3,7H2,(H,8,10)(H,11,12). The summed E-state index contributed by atoms with van der Waals surface area (Å²) in [5.74, 6) is -1.73. The number of aliphatic hydroxyl groups excluding tert-OH is 1. The fourth-order valence-electron chi connectivity index (χ4n) is 0.583. The maximum Gasteiger partial charge on any atom is 0.328 e. The first kappa shape index (κ1) is 10.9. The summed E-state index contributed by atoms with van der Waals surface area (Å²) in [5, 5.41) is 19.0. The molecular formula is C6H12N2O4. The van der Waals surface area contributed by atoms with E-state index in [9.17, 15) is 9.59 Å². The minimum absolute atomic E-state index is 0.0593. The molecule has 0 aliphatic rings. The summed E-state index contributed by atoms with van der Waals surface area (Å²) in [6.07, 6.45) is 0.0593. The summed E-state index contributed by atoms with van der Waals surface area (Å²) >= 11 is 0. The Labute approximate surface area is 69.4 Å². The number of aliphatic carboxylic acids is 1. The summed E-state index contributed by atoms with van der Waals surface area (Å²) in [7, 11) is 0. The highest BCUT2D eigenvalue weighted by Gasteiger charge is 2.17. The topological polar surface area (TPSA) is 113 Å². The van der Waals surface area contributed by atoms with E-state index >= 15 is 0 Å². The van der Waals surface area contributed by atoms with Gasteiger partial charge in [0.25, 0.3) is 0 Å². The van der Waals surface area contributed by atoms with Crippen LogP contribution in [0.15, 0.2) is 0 Å². The molecule has 0 aliphatic carbocycles. The number of aliphatic hydroxyl groups is 1. The third-order valence-corrected chi connectivity index (χ3v) is 1.19. The van der Waals surface area contributed by atoms with Gasteiger partial charge >= 0.3 is 5.97 Å². The molecule has 0 heterocycles. The molecule has 70 valence electrons. The number of amides is 1. The van der Waals surface area contributed by atoms with Gasteiger partial charge in [0.1, 0.15) is 6.04 Å². The largest absolute Gasteiger partial charge is 0.480 e. The lowest BCUT2D eigenvalue weighted by atomic mass is 10.3. The zero-order chi connectivity index (χ0) is 9.56. The van der Waals surface area contributed by atoms with E-state index in [0.717, 1.165) is 0 Å². The van der Waals surface area contributed by atoms with Gasteiger partial charge in [-0.05, 0) is 0 Å². The molecule has 0 fully saturated rings. The van der Waals surface area contributed by atoms with Gasteiger partial charge in [0.15, 0.2) is 0 Å². The lowest BCUT2D eigenvalue weighted by Crippen LogP contribution is -2.43. The molecule has 1 unspecified atom stereocenters. The summed E-state index contributed by atoms with van der Waals surface area (Å²) in [5.41, 5.74) is 5.05. The van der Waals surface area contributed by atoms with Gasteiger partial charge in [-0.3, -0.25) is 4.79 Å². The quantitative estimate of drug-likeness (QED) is 0.383. The second kappa shape index (κ2) is 5.50. The van der Waals surface area contributed by atoms with E-state index in [1.807, 2.05) is 0 Å². The summed E-state index contributed by atoms with van der Waals surface area (Å²) in [6, 6.07) is -1.23. The summed E-state index contributed by atoms with van der Waals surface area (Å²) < 4.78 is 0. The van der Waals surface area contributed by atoms with Crippen LogP contribution in [0.3, 0.4) is 0 Å². The summed E-state index contributed by atoms with van der Waals surface area (Å²) in [6.45, 7) is -0.463. The van der Waals surface area contributed by atoms with E-state index in [0.29, 0.717) is 0 Å². The number of carboxylic acid groups (broad SMARTS) is 1. The minimum Gasteiger partial charge on any atom is -0.480 e. The Bertz CT molecular complexity index is 171. The number of carbonyl (C=O) groups is 2. The normalized spacial score (nSPS) is 12.2. The molecule has 0 aliphatic heterocycles. The van der Waals surface area contributed by atoms with Crippen LogP contribution in [0.1, 0.15) is 6.42 Å². The first-order chi connectivity index (χ1) is 5.61. The molecule has 0 spiro atoms. The number of carboxylic acids is 1. The third kappa shape index (κ3) is 3.89. The van der Waals surface area contributed by atoms with Crippen molar-refractivity contribution in [3.8, 4) is 0 Å². The molecule has 0 saturated heterocycles. The third-order valence-electron chi connectivity index (χ3n) is 1.19. The molecule has 0 aromatic heterocycles. The van der Waals surface area contributed by atoms with Gasteiger partial charge < -0.3 is 21.3 Å². The molecule has 1 amide bonds. The van der Waals surface area contributed by atoms with Crippen molar-refractivity contribution in [2.75, 3.05) is 13.2 Å². The smallest absolute Gasteiger partial charge is 0.328 e. The highest BCUT2D eigenvalue weighted by Crippen LogP contribution is 1.84. The highest BCUT2D eigenvalue weighted by molar-refractivity contribution is 5.83. The fourth-order valence-corrected chi connectivity index (χ4v) is 0.583. The van der Waals surface area contributed by atoms with Crippen LogP contribution in [-0.4, -0.2) is 41.3 Å². The van der Waals surface area contributed by atoms with Crippen molar-refractivity contribution < 1.29 is 19.8 Å². The Kier molecular flexibility index (Phi) is 4.98. The average Bonchev–Trinajstić information content (AvgIpc) is 2.00. The number of hydrogen-bond acceptors (Lipinski definition) is 4. The fraction of sp³-hybridized carbons (Fsp3) is 0.667. The number of rotatable bonds is 5. The number of nitrogens with one attached hydrogen (secondary N) is 1. The Morgan fingerprint density at radius 2 is 2.08 bits per heavy atom. The molecule has 0 radical (unpaired) electrons. The molecule has 5 N–H and O–H groups in total. The zero-order valence-electron chi connectivity index (χ0n) is 6.49. The predicted octanol–water partition coefficient (Wildman–Crippen LogP) is -2.10. The predicted molar refractivity (Wildman–Crippen MR) is 40.3 cm³/mol. The Balaban J connectivity index is 3.85.